The van der Waals surface area contributed by atoms with E-state index in [1.165, 1.54) is 0 Å². The summed E-state index contributed by atoms with van der Waals surface area (Å²) in [5.74, 6) is 0.817. The second-order valence-corrected chi connectivity index (χ2v) is 4.54. The Kier molecular flexibility index (Phi) is 4.52. The maximum absolute atomic E-state index is 12.2. The molecule has 0 aliphatic carbocycles. The predicted octanol–water partition coefficient (Wildman–Crippen LogP) is 3.50. The van der Waals surface area contributed by atoms with E-state index in [1.807, 2.05) is 13.0 Å². The lowest BCUT2D eigenvalue weighted by atomic mass is 10.2. The number of hydrogen-bond donors (Lipinski definition) is 1. The highest BCUT2D eigenvalue weighted by molar-refractivity contribution is 9.10. The molecule has 0 atom stereocenters. The van der Waals surface area contributed by atoms with E-state index in [-0.39, 0.29) is 5.91 Å². The Morgan fingerprint density at radius 3 is 2.79 bits per heavy atom. The highest BCUT2D eigenvalue weighted by atomic mass is 79.9. The number of anilines is 1. The maximum atomic E-state index is 12.2. The van der Waals surface area contributed by atoms with Crippen LogP contribution in [0, 0.1) is 0 Å². The smallest absolute Gasteiger partial charge is 0.260 e. The molecule has 0 radical (unpaired) electrons. The lowest BCUT2D eigenvalue weighted by Gasteiger charge is -2.10. The van der Waals surface area contributed by atoms with Crippen molar-refractivity contribution >= 4 is 27.7 Å². The number of benzene rings is 1. The number of nitrogens with zero attached hydrogens (tertiary/aromatic N) is 1. The third-order valence-corrected chi connectivity index (χ3v) is 2.83. The molecule has 1 amide bonds. The van der Waals surface area contributed by atoms with E-state index < -0.39 is 0 Å². The molecule has 0 fully saturated rings. The van der Waals surface area contributed by atoms with E-state index in [0.29, 0.717) is 28.3 Å². The molecule has 0 saturated heterocycles. The summed E-state index contributed by atoms with van der Waals surface area (Å²) < 4.78 is 6.10. The quantitative estimate of drug-likeness (QED) is 0.877. The molecule has 4 nitrogen and oxygen atoms in total. The van der Waals surface area contributed by atoms with Gasteiger partial charge in [-0.05, 0) is 47.1 Å². The van der Waals surface area contributed by atoms with Gasteiger partial charge in [-0.15, -0.1) is 0 Å². The summed E-state index contributed by atoms with van der Waals surface area (Å²) in [4.78, 5) is 16.3. The number of ether oxygens (including phenoxy) is 1. The van der Waals surface area contributed by atoms with Gasteiger partial charge in [-0.3, -0.25) is 4.79 Å². The molecule has 19 heavy (non-hydrogen) atoms. The first-order valence-electron chi connectivity index (χ1n) is 5.86. The Morgan fingerprint density at radius 2 is 2.05 bits per heavy atom. The van der Waals surface area contributed by atoms with Crippen molar-refractivity contribution in [2.45, 2.75) is 6.92 Å². The van der Waals surface area contributed by atoms with Crippen LogP contribution in [0.3, 0.4) is 0 Å². The van der Waals surface area contributed by atoms with Crippen molar-refractivity contribution in [3.05, 3.63) is 52.6 Å². The molecular formula is C14H13BrN2O2. The number of carbonyl (C=O) groups excluding carboxylic acids is 1. The third-order valence-electron chi connectivity index (χ3n) is 2.39. The Bertz CT molecular complexity index is 587. The fraction of sp³-hybridized carbons (Fsp3) is 0.143. The Hall–Kier alpha value is -1.88. The molecule has 2 aromatic rings. The number of nitrogens with one attached hydrogen (secondary N) is 1. The van der Waals surface area contributed by atoms with E-state index in [1.54, 1.807) is 36.4 Å². The van der Waals surface area contributed by atoms with E-state index in [0.717, 1.165) is 0 Å². The fourth-order valence-corrected chi connectivity index (χ4v) is 1.94. The molecule has 0 aliphatic rings. The number of rotatable bonds is 4. The van der Waals surface area contributed by atoms with E-state index >= 15 is 0 Å². The zero-order valence-electron chi connectivity index (χ0n) is 10.4. The first-order chi connectivity index (χ1) is 9.20. The van der Waals surface area contributed by atoms with Gasteiger partial charge in [0.2, 0.25) is 0 Å². The van der Waals surface area contributed by atoms with Crippen LogP contribution in [-0.4, -0.2) is 17.5 Å². The second-order valence-electron chi connectivity index (χ2n) is 3.73. The van der Waals surface area contributed by atoms with Crippen molar-refractivity contribution in [3.8, 4) is 5.75 Å². The minimum absolute atomic E-state index is 0.241. The van der Waals surface area contributed by atoms with Crippen LogP contribution in [0.5, 0.6) is 5.75 Å². The number of pyridine rings is 1. The summed E-state index contributed by atoms with van der Waals surface area (Å²) in [7, 11) is 0. The Labute approximate surface area is 119 Å². The number of halogens is 1. The van der Waals surface area contributed by atoms with Crippen LogP contribution in [0.15, 0.2) is 47.1 Å². The SMILES string of the molecule is CCOc1ccccc1C(=O)Nc1cccc(Br)n1. The minimum Gasteiger partial charge on any atom is -0.493 e. The molecule has 1 aromatic carbocycles. The molecule has 2 rings (SSSR count). The van der Waals surface area contributed by atoms with Crippen molar-refractivity contribution in [2.75, 3.05) is 11.9 Å². The van der Waals surface area contributed by atoms with Gasteiger partial charge < -0.3 is 10.1 Å². The minimum atomic E-state index is -0.241. The van der Waals surface area contributed by atoms with E-state index in [2.05, 4.69) is 26.2 Å². The van der Waals surface area contributed by atoms with Gasteiger partial charge in [-0.2, -0.15) is 0 Å². The highest BCUT2D eigenvalue weighted by Crippen LogP contribution is 2.19. The van der Waals surface area contributed by atoms with Gasteiger partial charge in [-0.1, -0.05) is 18.2 Å². The molecule has 1 aromatic heterocycles. The standard InChI is InChI=1S/C14H13BrN2O2/c1-2-19-11-7-4-3-6-10(11)14(18)17-13-9-5-8-12(15)16-13/h3-9H,2H2,1H3,(H,16,17,18). The lowest BCUT2D eigenvalue weighted by molar-refractivity contribution is 0.102. The summed E-state index contributed by atoms with van der Waals surface area (Å²) >= 11 is 3.26. The van der Waals surface area contributed by atoms with Gasteiger partial charge in [0.05, 0.1) is 12.2 Å². The first-order valence-corrected chi connectivity index (χ1v) is 6.65. The van der Waals surface area contributed by atoms with Crippen LogP contribution in [0.2, 0.25) is 0 Å². The molecule has 0 unspecified atom stereocenters. The number of para-hydroxylation sites is 1. The summed E-state index contributed by atoms with van der Waals surface area (Å²) in [6, 6.07) is 12.5. The van der Waals surface area contributed by atoms with Gasteiger partial charge in [-0.25, -0.2) is 4.98 Å². The van der Waals surface area contributed by atoms with Crippen LogP contribution in [0.1, 0.15) is 17.3 Å². The van der Waals surface area contributed by atoms with Crippen molar-refractivity contribution in [1.82, 2.24) is 4.98 Å². The molecule has 5 heteroatoms. The van der Waals surface area contributed by atoms with Gasteiger partial charge in [0.1, 0.15) is 16.2 Å². The van der Waals surface area contributed by atoms with Crippen LogP contribution in [-0.2, 0) is 0 Å². The summed E-state index contributed by atoms with van der Waals surface area (Å²) in [5.41, 5.74) is 0.492. The van der Waals surface area contributed by atoms with Gasteiger partial charge in [0, 0.05) is 0 Å². The number of amides is 1. The van der Waals surface area contributed by atoms with Crippen LogP contribution in [0.4, 0.5) is 5.82 Å². The van der Waals surface area contributed by atoms with Crippen molar-refractivity contribution < 1.29 is 9.53 Å². The third kappa shape index (κ3) is 3.54. The number of aromatic nitrogens is 1. The van der Waals surface area contributed by atoms with E-state index in [4.69, 9.17) is 4.74 Å². The van der Waals surface area contributed by atoms with Gasteiger partial charge >= 0.3 is 0 Å². The number of hydrogen-bond acceptors (Lipinski definition) is 3. The van der Waals surface area contributed by atoms with Crippen LogP contribution in [0.25, 0.3) is 0 Å². The monoisotopic (exact) mass is 320 g/mol. The first kappa shape index (κ1) is 13.5. The lowest BCUT2D eigenvalue weighted by Crippen LogP contribution is -2.14. The largest absolute Gasteiger partial charge is 0.493 e. The summed E-state index contributed by atoms with van der Waals surface area (Å²) in [6.45, 7) is 2.39. The number of carbonyl (C=O) groups is 1. The predicted molar refractivity (Wildman–Crippen MR) is 77.5 cm³/mol. The van der Waals surface area contributed by atoms with Crippen LogP contribution >= 0.6 is 15.9 Å². The summed E-state index contributed by atoms with van der Waals surface area (Å²) in [5, 5.41) is 2.74. The normalized spacial score (nSPS) is 10.0. The maximum Gasteiger partial charge on any atom is 0.260 e. The zero-order valence-corrected chi connectivity index (χ0v) is 12.0. The molecule has 0 saturated carbocycles. The van der Waals surface area contributed by atoms with Crippen molar-refractivity contribution in [3.63, 3.8) is 0 Å². The molecule has 0 bridgehead atoms. The summed E-state index contributed by atoms with van der Waals surface area (Å²) in [6.07, 6.45) is 0. The fourth-order valence-electron chi connectivity index (χ4n) is 1.60. The molecule has 1 heterocycles. The molecule has 0 spiro atoms. The van der Waals surface area contributed by atoms with Crippen molar-refractivity contribution in [2.24, 2.45) is 0 Å². The van der Waals surface area contributed by atoms with Crippen molar-refractivity contribution in [1.29, 1.82) is 0 Å². The average molecular weight is 321 g/mol. The molecule has 1 N–H and O–H groups in total. The molecule has 98 valence electrons. The molecular weight excluding hydrogens is 308 g/mol. The topological polar surface area (TPSA) is 51.2 Å². The molecule has 0 aliphatic heterocycles. The Morgan fingerprint density at radius 1 is 1.26 bits per heavy atom. The zero-order chi connectivity index (χ0) is 13.7. The van der Waals surface area contributed by atoms with Gasteiger partial charge in [0.15, 0.2) is 0 Å². The van der Waals surface area contributed by atoms with Crippen LogP contribution < -0.4 is 10.1 Å². The van der Waals surface area contributed by atoms with E-state index in [9.17, 15) is 4.79 Å². The van der Waals surface area contributed by atoms with Gasteiger partial charge in [0.25, 0.3) is 5.91 Å². The second kappa shape index (κ2) is 6.33. The average Bonchev–Trinajstić information content (AvgIpc) is 2.39. The highest BCUT2D eigenvalue weighted by Gasteiger charge is 2.12. The Balaban J connectivity index is 2.20.